The van der Waals surface area contributed by atoms with Gasteiger partial charge in [0.05, 0.1) is 22.0 Å². The zero-order valence-corrected chi connectivity index (χ0v) is 19.6. The lowest BCUT2D eigenvalue weighted by Gasteiger charge is -2.10. The first-order valence-corrected chi connectivity index (χ1v) is 12.7. The molecule has 4 aromatic rings. The lowest BCUT2D eigenvalue weighted by Crippen LogP contribution is -2.16. The summed E-state index contributed by atoms with van der Waals surface area (Å²) in [6.07, 6.45) is 0. The second-order valence-corrected chi connectivity index (χ2v) is 10.6. The molecule has 33 heavy (non-hydrogen) atoms. The van der Waals surface area contributed by atoms with Crippen LogP contribution in [0.2, 0.25) is 0 Å². The monoisotopic (exact) mass is 487 g/mol. The summed E-state index contributed by atoms with van der Waals surface area (Å²) in [6, 6.07) is 16.0. The SMILES string of the molecule is Cc1cc(NS(=O)(=O)c2ccc(NS(=O)(=O)c3c(C)nn(-c4ccccc4)c3C)cc2)no1. The second kappa shape index (κ2) is 8.37. The summed E-state index contributed by atoms with van der Waals surface area (Å²) in [5.74, 6) is 0.511. The predicted octanol–water partition coefficient (Wildman–Crippen LogP) is 3.39. The number of anilines is 2. The van der Waals surface area contributed by atoms with E-state index in [1.807, 2.05) is 30.3 Å². The maximum atomic E-state index is 13.1. The maximum Gasteiger partial charge on any atom is 0.265 e. The van der Waals surface area contributed by atoms with E-state index in [1.165, 1.54) is 30.3 Å². The molecule has 2 aromatic heterocycles. The van der Waals surface area contributed by atoms with Crippen LogP contribution in [0.3, 0.4) is 0 Å². The van der Waals surface area contributed by atoms with Crippen LogP contribution in [0.1, 0.15) is 17.1 Å². The van der Waals surface area contributed by atoms with E-state index in [4.69, 9.17) is 4.52 Å². The minimum atomic E-state index is -3.98. The molecule has 2 heterocycles. The van der Waals surface area contributed by atoms with Gasteiger partial charge in [-0.05, 0) is 57.2 Å². The van der Waals surface area contributed by atoms with Crippen LogP contribution < -0.4 is 9.44 Å². The highest BCUT2D eigenvalue weighted by Gasteiger charge is 2.25. The van der Waals surface area contributed by atoms with Crippen molar-refractivity contribution in [2.45, 2.75) is 30.6 Å². The first-order chi connectivity index (χ1) is 15.6. The Balaban J connectivity index is 1.58. The fraction of sp³-hybridized carbons (Fsp3) is 0.143. The molecule has 10 nitrogen and oxygen atoms in total. The number of benzene rings is 2. The van der Waals surface area contributed by atoms with Crippen molar-refractivity contribution in [3.05, 3.63) is 77.8 Å². The Kier molecular flexibility index (Phi) is 5.72. The van der Waals surface area contributed by atoms with Crippen LogP contribution in [-0.4, -0.2) is 31.8 Å². The summed E-state index contributed by atoms with van der Waals surface area (Å²) in [6.45, 7) is 4.93. The van der Waals surface area contributed by atoms with E-state index in [1.54, 1.807) is 25.5 Å². The van der Waals surface area contributed by atoms with Crippen molar-refractivity contribution in [3.8, 4) is 5.69 Å². The molecule has 0 aliphatic heterocycles. The molecule has 0 unspecified atom stereocenters. The minimum Gasteiger partial charge on any atom is -0.360 e. The van der Waals surface area contributed by atoms with Gasteiger partial charge in [0.1, 0.15) is 10.7 Å². The fourth-order valence-electron chi connectivity index (χ4n) is 3.36. The molecular formula is C21H21N5O5S2. The van der Waals surface area contributed by atoms with Crippen LogP contribution in [0.15, 0.2) is 75.0 Å². The molecule has 0 bridgehead atoms. The Hall–Kier alpha value is -3.64. The Morgan fingerprint density at radius 3 is 2.12 bits per heavy atom. The molecule has 0 saturated carbocycles. The van der Waals surface area contributed by atoms with Crippen LogP contribution in [-0.2, 0) is 20.0 Å². The van der Waals surface area contributed by atoms with Crippen molar-refractivity contribution in [3.63, 3.8) is 0 Å². The van der Waals surface area contributed by atoms with E-state index >= 15 is 0 Å². The summed E-state index contributed by atoms with van der Waals surface area (Å²) in [5, 5.41) is 7.97. The molecule has 0 amide bonds. The molecule has 0 atom stereocenters. The first-order valence-electron chi connectivity index (χ1n) is 9.77. The summed E-state index contributed by atoms with van der Waals surface area (Å²) >= 11 is 0. The Morgan fingerprint density at radius 2 is 1.52 bits per heavy atom. The molecule has 4 rings (SSSR count). The van der Waals surface area contributed by atoms with Crippen LogP contribution in [0.5, 0.6) is 0 Å². The van der Waals surface area contributed by atoms with E-state index in [9.17, 15) is 16.8 Å². The molecule has 172 valence electrons. The zero-order chi connectivity index (χ0) is 23.8. The van der Waals surface area contributed by atoms with Crippen LogP contribution in [0, 0.1) is 20.8 Å². The first kappa shape index (κ1) is 22.6. The third kappa shape index (κ3) is 4.61. The molecule has 2 N–H and O–H groups in total. The number of hydrogen-bond donors (Lipinski definition) is 2. The maximum absolute atomic E-state index is 13.1. The molecule has 0 spiro atoms. The van der Waals surface area contributed by atoms with E-state index in [2.05, 4.69) is 19.7 Å². The van der Waals surface area contributed by atoms with Gasteiger partial charge in [-0.2, -0.15) is 5.10 Å². The lowest BCUT2D eigenvalue weighted by atomic mass is 10.3. The van der Waals surface area contributed by atoms with E-state index in [0.29, 0.717) is 17.1 Å². The zero-order valence-electron chi connectivity index (χ0n) is 18.0. The fourth-order valence-corrected chi connectivity index (χ4v) is 5.79. The molecule has 12 heteroatoms. The van der Waals surface area contributed by atoms with Gasteiger partial charge in [-0.1, -0.05) is 23.4 Å². The molecular weight excluding hydrogens is 466 g/mol. The van der Waals surface area contributed by atoms with Gasteiger partial charge in [0.2, 0.25) is 0 Å². The third-order valence-corrected chi connectivity index (χ3v) is 7.78. The molecule has 0 aliphatic rings. The largest absolute Gasteiger partial charge is 0.360 e. The van der Waals surface area contributed by atoms with Gasteiger partial charge >= 0.3 is 0 Å². The van der Waals surface area contributed by atoms with E-state index in [-0.39, 0.29) is 21.3 Å². The third-order valence-electron chi connectivity index (χ3n) is 4.78. The molecule has 0 fully saturated rings. The molecule has 0 saturated heterocycles. The summed E-state index contributed by atoms with van der Waals surface area (Å²) in [4.78, 5) is 0.00137. The smallest absolute Gasteiger partial charge is 0.265 e. The highest BCUT2D eigenvalue weighted by Crippen LogP contribution is 2.26. The quantitative estimate of drug-likeness (QED) is 0.408. The highest BCUT2D eigenvalue weighted by atomic mass is 32.2. The average Bonchev–Trinajstić information content (AvgIpc) is 3.30. The number of nitrogens with zero attached hydrogens (tertiary/aromatic N) is 3. The average molecular weight is 488 g/mol. The Bertz CT molecular complexity index is 1510. The highest BCUT2D eigenvalue weighted by molar-refractivity contribution is 7.93. The molecule has 2 aromatic carbocycles. The number of rotatable bonds is 7. The topological polar surface area (TPSA) is 136 Å². The van der Waals surface area contributed by atoms with Gasteiger partial charge in [-0.3, -0.25) is 9.44 Å². The number of nitrogens with one attached hydrogen (secondary N) is 2. The van der Waals surface area contributed by atoms with Crippen molar-refractivity contribution >= 4 is 31.6 Å². The summed E-state index contributed by atoms with van der Waals surface area (Å²) < 4.78 is 62.4. The Labute approximate surface area is 191 Å². The van der Waals surface area contributed by atoms with Crippen LogP contribution >= 0.6 is 0 Å². The van der Waals surface area contributed by atoms with Crippen LogP contribution in [0.25, 0.3) is 5.69 Å². The number of hydrogen-bond acceptors (Lipinski definition) is 7. The number of para-hydroxylation sites is 1. The lowest BCUT2D eigenvalue weighted by molar-refractivity contribution is 0.400. The molecule has 0 radical (unpaired) electrons. The summed E-state index contributed by atoms with van der Waals surface area (Å²) in [7, 11) is -7.89. The standard InChI is InChI=1S/C21H21N5O5S2/c1-14-13-20(23-31-14)25-32(27,28)19-11-9-17(10-12-19)24-33(29,30)21-15(2)22-26(16(21)3)18-7-5-4-6-8-18/h4-13,24H,1-3H3,(H,23,25). The van der Waals surface area contributed by atoms with Gasteiger partial charge in [-0.15, -0.1) is 0 Å². The van der Waals surface area contributed by atoms with Crippen LogP contribution in [0.4, 0.5) is 11.5 Å². The van der Waals surface area contributed by atoms with Crippen molar-refractivity contribution in [2.24, 2.45) is 0 Å². The van der Waals surface area contributed by atoms with Crippen molar-refractivity contribution in [1.82, 2.24) is 14.9 Å². The number of aryl methyl sites for hydroxylation is 2. The van der Waals surface area contributed by atoms with E-state index in [0.717, 1.165) is 5.69 Å². The normalized spacial score (nSPS) is 12.0. The van der Waals surface area contributed by atoms with Gasteiger partial charge < -0.3 is 4.52 Å². The van der Waals surface area contributed by atoms with Gasteiger partial charge in [0, 0.05) is 11.8 Å². The minimum absolute atomic E-state index is 0.0543. The summed E-state index contributed by atoms with van der Waals surface area (Å²) in [5.41, 5.74) is 1.74. The predicted molar refractivity (Wildman–Crippen MR) is 122 cm³/mol. The van der Waals surface area contributed by atoms with Crippen molar-refractivity contribution in [2.75, 3.05) is 9.44 Å². The molecule has 0 aliphatic carbocycles. The van der Waals surface area contributed by atoms with Gasteiger partial charge in [0.25, 0.3) is 20.0 Å². The van der Waals surface area contributed by atoms with Gasteiger partial charge in [-0.25, -0.2) is 21.5 Å². The van der Waals surface area contributed by atoms with Crippen molar-refractivity contribution in [1.29, 1.82) is 0 Å². The number of sulfonamides is 2. The Morgan fingerprint density at radius 1 is 0.848 bits per heavy atom. The van der Waals surface area contributed by atoms with E-state index < -0.39 is 20.0 Å². The van der Waals surface area contributed by atoms with Crippen molar-refractivity contribution < 1.29 is 21.4 Å². The number of aromatic nitrogens is 3. The second-order valence-electron chi connectivity index (χ2n) is 7.31. The van der Waals surface area contributed by atoms with Gasteiger partial charge in [0.15, 0.2) is 5.82 Å².